The highest BCUT2D eigenvalue weighted by Crippen LogP contribution is 2.30. The van der Waals surface area contributed by atoms with Crippen LogP contribution < -0.4 is 9.62 Å². The number of carbonyl (C=O) groups excluding carboxylic acids is 2. The fraction of sp³-hybridized carbons (Fsp3) is 0.316. The van der Waals surface area contributed by atoms with Crippen LogP contribution >= 0.6 is 23.2 Å². The molecule has 1 saturated carbocycles. The van der Waals surface area contributed by atoms with Crippen molar-refractivity contribution in [3.8, 4) is 0 Å². The van der Waals surface area contributed by atoms with Crippen molar-refractivity contribution < 1.29 is 18.0 Å². The highest BCUT2D eigenvalue weighted by molar-refractivity contribution is 7.92. The molecule has 1 N–H and O–H groups in total. The molecule has 10 heteroatoms. The second kappa shape index (κ2) is 15.6. The van der Waals surface area contributed by atoms with Crippen molar-refractivity contribution in [1.82, 2.24) is 10.2 Å². The molecule has 0 heterocycles. The van der Waals surface area contributed by atoms with Crippen LogP contribution in [0.3, 0.4) is 0 Å². The molecule has 0 aromatic heterocycles. The van der Waals surface area contributed by atoms with E-state index in [1.54, 1.807) is 42.5 Å². The number of nitrogens with zero attached hydrogens (tertiary/aromatic N) is 2. The van der Waals surface area contributed by atoms with Crippen LogP contribution in [-0.2, 0) is 32.6 Å². The van der Waals surface area contributed by atoms with Gasteiger partial charge in [-0.3, -0.25) is 13.9 Å². The second-order valence-corrected chi connectivity index (χ2v) is 15.2. The Morgan fingerprint density at radius 2 is 1.48 bits per heavy atom. The summed E-state index contributed by atoms with van der Waals surface area (Å²) in [6, 6.07) is 25.4. The monoisotopic (exact) mass is 705 g/mol. The average Bonchev–Trinajstić information content (AvgIpc) is 3.57. The quantitative estimate of drug-likeness (QED) is 0.163. The summed E-state index contributed by atoms with van der Waals surface area (Å²) in [5.41, 5.74) is 4.44. The van der Waals surface area contributed by atoms with Gasteiger partial charge in [-0.05, 0) is 86.7 Å². The maximum atomic E-state index is 14.8. The number of anilines is 1. The molecule has 0 radical (unpaired) electrons. The van der Waals surface area contributed by atoms with E-state index >= 15 is 0 Å². The number of hydrogen-bond acceptors (Lipinski definition) is 4. The lowest BCUT2D eigenvalue weighted by molar-refractivity contribution is -0.140. The van der Waals surface area contributed by atoms with E-state index in [1.807, 2.05) is 57.2 Å². The molecule has 0 bridgehead atoms. The van der Waals surface area contributed by atoms with E-state index < -0.39 is 28.5 Å². The lowest BCUT2D eigenvalue weighted by atomic mass is 10.0. The van der Waals surface area contributed by atoms with Gasteiger partial charge in [0.25, 0.3) is 10.0 Å². The van der Waals surface area contributed by atoms with E-state index in [0.29, 0.717) is 21.3 Å². The third-order valence-electron chi connectivity index (χ3n) is 9.03. The molecule has 5 rings (SSSR count). The summed E-state index contributed by atoms with van der Waals surface area (Å²) < 4.78 is 29.8. The summed E-state index contributed by atoms with van der Waals surface area (Å²) in [6.45, 7) is 5.06. The predicted molar refractivity (Wildman–Crippen MR) is 193 cm³/mol. The molecule has 0 spiro atoms. The minimum Gasteiger partial charge on any atom is -0.352 e. The number of rotatable bonds is 12. The molecule has 0 aliphatic heterocycles. The zero-order valence-corrected chi connectivity index (χ0v) is 29.8. The molecule has 1 atom stereocenters. The molecule has 1 aliphatic carbocycles. The number of aryl methyl sites for hydroxylation is 3. The van der Waals surface area contributed by atoms with E-state index in [4.69, 9.17) is 23.2 Å². The first-order valence-corrected chi connectivity index (χ1v) is 18.4. The number of hydrogen-bond donors (Lipinski definition) is 1. The van der Waals surface area contributed by atoms with Crippen molar-refractivity contribution in [2.45, 2.75) is 76.4 Å². The van der Waals surface area contributed by atoms with Gasteiger partial charge in [0.2, 0.25) is 11.8 Å². The predicted octanol–water partition coefficient (Wildman–Crippen LogP) is 7.81. The maximum Gasteiger partial charge on any atom is 0.264 e. The SMILES string of the molecule is Cc1ccc(S(=O)(=O)N(CC(=O)N(Cc2c(Cl)cccc2Cl)C(Cc2ccccc2)C(=O)NC2CCCC2)c2ccc(C)c(C)c2)cc1. The van der Waals surface area contributed by atoms with Gasteiger partial charge in [-0.1, -0.05) is 96.2 Å². The zero-order chi connectivity index (χ0) is 34.4. The second-order valence-electron chi connectivity index (χ2n) is 12.5. The minimum atomic E-state index is -4.21. The van der Waals surface area contributed by atoms with Gasteiger partial charge in [0.05, 0.1) is 10.6 Å². The topological polar surface area (TPSA) is 86.8 Å². The Kier molecular flexibility index (Phi) is 11.5. The highest BCUT2D eigenvalue weighted by atomic mass is 35.5. The smallest absolute Gasteiger partial charge is 0.264 e. The third-order valence-corrected chi connectivity index (χ3v) is 11.5. The molecule has 48 heavy (non-hydrogen) atoms. The normalized spacial score (nSPS) is 14.0. The van der Waals surface area contributed by atoms with E-state index in [2.05, 4.69) is 5.32 Å². The molecular weight excluding hydrogens is 665 g/mol. The van der Waals surface area contributed by atoms with Crippen molar-refractivity contribution in [3.63, 3.8) is 0 Å². The summed E-state index contributed by atoms with van der Waals surface area (Å²) in [7, 11) is -4.21. The Morgan fingerprint density at radius 1 is 0.833 bits per heavy atom. The van der Waals surface area contributed by atoms with E-state index in [0.717, 1.165) is 52.2 Å². The van der Waals surface area contributed by atoms with Gasteiger partial charge in [0.15, 0.2) is 0 Å². The molecule has 7 nitrogen and oxygen atoms in total. The van der Waals surface area contributed by atoms with Gasteiger partial charge in [-0.15, -0.1) is 0 Å². The first-order chi connectivity index (χ1) is 22.9. The summed E-state index contributed by atoms with van der Waals surface area (Å²) in [5.74, 6) is -0.871. The number of halogens is 2. The lowest BCUT2D eigenvalue weighted by Gasteiger charge is -2.34. The van der Waals surface area contributed by atoms with Gasteiger partial charge in [0, 0.05) is 34.6 Å². The van der Waals surface area contributed by atoms with Crippen molar-refractivity contribution in [2.24, 2.45) is 0 Å². The number of benzene rings is 4. The van der Waals surface area contributed by atoms with Gasteiger partial charge >= 0.3 is 0 Å². The van der Waals surface area contributed by atoms with Crippen molar-refractivity contribution in [3.05, 3.63) is 129 Å². The average molecular weight is 707 g/mol. The van der Waals surface area contributed by atoms with Crippen molar-refractivity contribution in [1.29, 1.82) is 0 Å². The molecule has 4 aromatic rings. The van der Waals surface area contributed by atoms with E-state index in [-0.39, 0.29) is 29.8 Å². The molecule has 1 unspecified atom stereocenters. The van der Waals surface area contributed by atoms with Crippen LogP contribution in [0.15, 0.2) is 95.9 Å². The Balaban J connectivity index is 1.61. The van der Waals surface area contributed by atoms with Crippen LogP contribution in [0.5, 0.6) is 0 Å². The van der Waals surface area contributed by atoms with E-state index in [1.165, 1.54) is 17.0 Å². The summed E-state index contributed by atoms with van der Waals surface area (Å²) in [4.78, 5) is 30.4. The Bertz CT molecular complexity index is 1840. The fourth-order valence-electron chi connectivity index (χ4n) is 6.02. The van der Waals surface area contributed by atoms with Crippen LogP contribution in [0.25, 0.3) is 0 Å². The Labute approximate surface area is 293 Å². The van der Waals surface area contributed by atoms with Gasteiger partial charge in [0.1, 0.15) is 12.6 Å². The molecule has 4 aromatic carbocycles. The maximum absolute atomic E-state index is 14.8. The van der Waals surface area contributed by atoms with Crippen LogP contribution in [-0.4, -0.2) is 43.8 Å². The number of nitrogens with one attached hydrogen (secondary N) is 1. The van der Waals surface area contributed by atoms with Crippen LogP contribution in [0, 0.1) is 20.8 Å². The van der Waals surface area contributed by atoms with Crippen molar-refractivity contribution in [2.75, 3.05) is 10.8 Å². The fourth-order valence-corrected chi connectivity index (χ4v) is 7.95. The molecule has 252 valence electrons. The van der Waals surface area contributed by atoms with Gasteiger partial charge < -0.3 is 10.2 Å². The van der Waals surface area contributed by atoms with Crippen LogP contribution in [0.4, 0.5) is 5.69 Å². The van der Waals surface area contributed by atoms with E-state index in [9.17, 15) is 18.0 Å². The third kappa shape index (κ3) is 8.41. The van der Waals surface area contributed by atoms with Crippen LogP contribution in [0.2, 0.25) is 10.0 Å². The summed E-state index contributed by atoms with van der Waals surface area (Å²) >= 11 is 13.3. The summed E-state index contributed by atoms with van der Waals surface area (Å²) in [5, 5.41) is 3.86. The number of carbonyl (C=O) groups is 2. The largest absolute Gasteiger partial charge is 0.352 e. The molecule has 1 fully saturated rings. The summed E-state index contributed by atoms with van der Waals surface area (Å²) in [6.07, 6.45) is 3.98. The highest BCUT2D eigenvalue weighted by Gasteiger charge is 2.36. The molecule has 1 aliphatic rings. The van der Waals surface area contributed by atoms with Gasteiger partial charge in [-0.2, -0.15) is 0 Å². The minimum absolute atomic E-state index is 0.00516. The first-order valence-electron chi connectivity index (χ1n) is 16.2. The standard InChI is InChI=1S/C38H41Cl2N3O4S/c1-26-16-20-32(21-17-26)48(46,47)43(31-19-18-27(2)28(3)22-31)25-37(44)42(24-33-34(39)14-9-15-35(33)40)36(23-29-10-5-4-6-11-29)38(45)41-30-12-7-8-13-30/h4-6,9-11,14-22,30,36H,7-8,12-13,23-25H2,1-3H3,(H,41,45). The zero-order valence-electron chi connectivity index (χ0n) is 27.5. The number of sulfonamides is 1. The Morgan fingerprint density at radius 3 is 2.10 bits per heavy atom. The first kappa shape index (κ1) is 35.5. The van der Waals surface area contributed by atoms with Gasteiger partial charge in [-0.25, -0.2) is 8.42 Å². The van der Waals surface area contributed by atoms with Crippen molar-refractivity contribution >= 4 is 50.7 Å². The molecule has 2 amide bonds. The Hall–Kier alpha value is -3.85. The lowest BCUT2D eigenvalue weighted by Crippen LogP contribution is -2.54. The molecule has 0 saturated heterocycles. The van der Waals surface area contributed by atoms with Crippen LogP contribution in [0.1, 0.15) is 53.5 Å². The molecular formula is C38H41Cl2N3O4S. The number of amides is 2.